The molecule has 0 bridgehead atoms. The van der Waals surface area contributed by atoms with Crippen molar-refractivity contribution in [2.45, 2.75) is 12.5 Å². The van der Waals surface area contributed by atoms with Gasteiger partial charge in [0.1, 0.15) is 12.4 Å². The molecule has 0 saturated heterocycles. The Hall–Kier alpha value is -3.06. The van der Waals surface area contributed by atoms with Gasteiger partial charge in [-0.25, -0.2) is 4.39 Å². The van der Waals surface area contributed by atoms with E-state index >= 15 is 0 Å². The molecule has 2 aliphatic heterocycles. The molecule has 3 amide bonds. The Morgan fingerprint density at radius 3 is 2.42 bits per heavy atom. The predicted octanol–water partition coefficient (Wildman–Crippen LogP) is 1.89. The van der Waals surface area contributed by atoms with Crippen molar-refractivity contribution in [1.29, 1.82) is 0 Å². The average molecular weight is 354 g/mol. The molecule has 1 atom stereocenters. The Kier molecular flexibility index (Phi) is 3.81. The zero-order valence-electron chi connectivity index (χ0n) is 13.7. The monoisotopic (exact) mass is 354 g/mol. The van der Waals surface area contributed by atoms with E-state index in [0.29, 0.717) is 11.3 Å². The molecule has 1 unspecified atom stereocenters. The number of carbonyl (C=O) groups is 3. The highest BCUT2D eigenvalue weighted by molar-refractivity contribution is 6.22. The number of amides is 3. The third-order valence-electron chi connectivity index (χ3n) is 4.74. The fraction of sp³-hybridized carbons (Fsp3) is 0.211. The van der Waals surface area contributed by atoms with E-state index in [1.807, 2.05) is 0 Å². The van der Waals surface area contributed by atoms with Gasteiger partial charge in [-0.3, -0.25) is 19.3 Å². The van der Waals surface area contributed by atoms with E-state index in [0.717, 1.165) is 4.90 Å². The number of aliphatic hydroxyl groups is 1. The number of carbonyl (C=O) groups excluding carboxylic acids is 3. The molecular formula is C19H15FN2O4. The van der Waals surface area contributed by atoms with E-state index in [-0.39, 0.29) is 24.1 Å². The molecule has 2 aliphatic rings. The molecular weight excluding hydrogens is 339 g/mol. The van der Waals surface area contributed by atoms with Crippen LogP contribution in [0.15, 0.2) is 42.5 Å². The van der Waals surface area contributed by atoms with E-state index in [1.54, 1.807) is 24.3 Å². The first-order chi connectivity index (χ1) is 12.5. The summed E-state index contributed by atoms with van der Waals surface area (Å²) in [5.41, 5.74) is 1.28. The van der Waals surface area contributed by atoms with Gasteiger partial charge in [0.05, 0.1) is 17.2 Å². The number of aliphatic hydroxyl groups excluding tert-OH is 1. The Morgan fingerprint density at radius 1 is 1.12 bits per heavy atom. The van der Waals surface area contributed by atoms with Gasteiger partial charge in [0.15, 0.2) is 0 Å². The minimum atomic E-state index is -0.857. The average Bonchev–Trinajstić information content (AvgIpc) is 2.88. The summed E-state index contributed by atoms with van der Waals surface area (Å²) in [5, 5.41) is 10.0. The molecule has 0 radical (unpaired) electrons. The maximum Gasteiger partial charge on any atom is 0.262 e. The van der Waals surface area contributed by atoms with Crippen LogP contribution in [0, 0.1) is 5.82 Å². The highest BCUT2D eigenvalue weighted by Gasteiger charge is 2.38. The van der Waals surface area contributed by atoms with Gasteiger partial charge < -0.3 is 10.0 Å². The molecule has 26 heavy (non-hydrogen) atoms. The van der Waals surface area contributed by atoms with Crippen molar-refractivity contribution < 1.29 is 23.9 Å². The summed E-state index contributed by atoms with van der Waals surface area (Å²) in [4.78, 5) is 39.9. The van der Waals surface area contributed by atoms with Crippen molar-refractivity contribution in [3.8, 4) is 0 Å². The van der Waals surface area contributed by atoms with Gasteiger partial charge in [-0.1, -0.05) is 12.1 Å². The van der Waals surface area contributed by atoms with Gasteiger partial charge in [0.25, 0.3) is 11.8 Å². The van der Waals surface area contributed by atoms with Crippen LogP contribution in [0.4, 0.5) is 10.1 Å². The molecule has 2 aromatic carbocycles. The number of anilines is 1. The summed E-state index contributed by atoms with van der Waals surface area (Å²) < 4.78 is 13.5. The first-order valence-electron chi connectivity index (χ1n) is 8.20. The van der Waals surface area contributed by atoms with Gasteiger partial charge in [-0.15, -0.1) is 0 Å². The summed E-state index contributed by atoms with van der Waals surface area (Å²) in [6.07, 6.45) is -0.603. The van der Waals surface area contributed by atoms with Crippen molar-refractivity contribution in [1.82, 2.24) is 4.90 Å². The Morgan fingerprint density at radius 2 is 1.77 bits per heavy atom. The van der Waals surface area contributed by atoms with Crippen LogP contribution in [-0.2, 0) is 4.79 Å². The first kappa shape index (κ1) is 16.4. The highest BCUT2D eigenvalue weighted by atomic mass is 19.1. The topological polar surface area (TPSA) is 77.9 Å². The molecule has 1 N–H and O–H groups in total. The normalized spacial score (nSPS) is 18.8. The molecule has 7 heteroatoms. The smallest absolute Gasteiger partial charge is 0.262 e. The number of benzene rings is 2. The van der Waals surface area contributed by atoms with Crippen molar-refractivity contribution in [2.24, 2.45) is 0 Å². The fourth-order valence-electron chi connectivity index (χ4n) is 3.43. The fourth-order valence-corrected chi connectivity index (χ4v) is 3.43. The molecule has 0 aliphatic carbocycles. The molecule has 2 heterocycles. The zero-order valence-corrected chi connectivity index (χ0v) is 13.7. The van der Waals surface area contributed by atoms with Crippen LogP contribution in [-0.4, -0.2) is 40.8 Å². The van der Waals surface area contributed by atoms with Crippen LogP contribution in [0.3, 0.4) is 0 Å². The zero-order chi connectivity index (χ0) is 18.4. The number of hydrogen-bond acceptors (Lipinski definition) is 4. The van der Waals surface area contributed by atoms with E-state index in [9.17, 15) is 23.9 Å². The van der Waals surface area contributed by atoms with Gasteiger partial charge in [0, 0.05) is 17.8 Å². The van der Waals surface area contributed by atoms with Crippen LogP contribution in [0.5, 0.6) is 0 Å². The maximum absolute atomic E-state index is 13.5. The number of fused-ring (bicyclic) bond motifs is 2. The number of nitrogens with zero attached hydrogens (tertiary/aromatic N) is 2. The summed E-state index contributed by atoms with van der Waals surface area (Å²) in [7, 11) is 0. The van der Waals surface area contributed by atoms with E-state index in [1.165, 1.54) is 23.1 Å². The summed E-state index contributed by atoms with van der Waals surface area (Å²) >= 11 is 0. The lowest BCUT2D eigenvalue weighted by Crippen LogP contribution is -2.45. The lowest BCUT2D eigenvalue weighted by Gasteiger charge is -2.33. The van der Waals surface area contributed by atoms with Crippen LogP contribution in [0.2, 0.25) is 0 Å². The molecule has 4 rings (SSSR count). The third-order valence-corrected chi connectivity index (χ3v) is 4.74. The largest absolute Gasteiger partial charge is 0.388 e. The molecule has 6 nitrogen and oxygen atoms in total. The van der Waals surface area contributed by atoms with Crippen LogP contribution in [0.25, 0.3) is 0 Å². The highest BCUT2D eigenvalue weighted by Crippen LogP contribution is 2.34. The Bertz CT molecular complexity index is 908. The lowest BCUT2D eigenvalue weighted by molar-refractivity contribution is -0.119. The van der Waals surface area contributed by atoms with Crippen LogP contribution >= 0.6 is 0 Å². The number of halogens is 1. The van der Waals surface area contributed by atoms with Crippen molar-refractivity contribution >= 4 is 23.4 Å². The van der Waals surface area contributed by atoms with E-state index in [2.05, 4.69) is 0 Å². The summed E-state index contributed by atoms with van der Waals surface area (Å²) in [6.45, 7) is -0.180. The summed E-state index contributed by atoms with van der Waals surface area (Å²) in [6, 6.07) is 10.2. The first-order valence-corrected chi connectivity index (χ1v) is 8.20. The quantitative estimate of drug-likeness (QED) is 0.836. The van der Waals surface area contributed by atoms with Gasteiger partial charge in [-0.2, -0.15) is 0 Å². The van der Waals surface area contributed by atoms with E-state index < -0.39 is 36.2 Å². The Balaban J connectivity index is 1.60. The second-order valence-corrected chi connectivity index (χ2v) is 6.30. The second-order valence-electron chi connectivity index (χ2n) is 6.30. The van der Waals surface area contributed by atoms with Gasteiger partial charge in [0.2, 0.25) is 5.91 Å². The molecule has 0 spiro atoms. The van der Waals surface area contributed by atoms with Crippen LogP contribution < -0.4 is 4.90 Å². The predicted molar refractivity (Wildman–Crippen MR) is 90.1 cm³/mol. The second kappa shape index (κ2) is 6.03. The van der Waals surface area contributed by atoms with Crippen molar-refractivity contribution in [3.63, 3.8) is 0 Å². The SMILES string of the molecule is O=C1c2ccccc2C(=O)N1CC(=O)N1CCC(O)c2cc(F)ccc21. The van der Waals surface area contributed by atoms with Gasteiger partial charge in [-0.05, 0) is 36.8 Å². The van der Waals surface area contributed by atoms with Crippen molar-refractivity contribution in [2.75, 3.05) is 18.0 Å². The Labute approximate surface area is 148 Å². The van der Waals surface area contributed by atoms with E-state index in [4.69, 9.17) is 0 Å². The summed E-state index contributed by atoms with van der Waals surface area (Å²) in [5.74, 6) is -1.97. The minimum absolute atomic E-state index is 0.224. The number of hydrogen-bond donors (Lipinski definition) is 1. The lowest BCUT2D eigenvalue weighted by atomic mass is 9.98. The molecule has 0 fully saturated rings. The number of rotatable bonds is 2. The number of imide groups is 1. The van der Waals surface area contributed by atoms with Gasteiger partial charge >= 0.3 is 0 Å². The van der Waals surface area contributed by atoms with Crippen molar-refractivity contribution in [3.05, 3.63) is 65.0 Å². The molecule has 2 aromatic rings. The molecule has 0 saturated carbocycles. The maximum atomic E-state index is 13.5. The minimum Gasteiger partial charge on any atom is -0.388 e. The van der Waals surface area contributed by atoms with Crippen LogP contribution in [0.1, 0.15) is 38.8 Å². The standard InChI is InChI=1S/C19H15FN2O4/c20-11-5-6-15-14(9-11)16(23)7-8-21(15)17(24)10-22-18(25)12-3-1-2-4-13(12)19(22)26/h1-6,9,16,23H,7-8,10H2. The molecule has 132 valence electrons. The molecule has 0 aromatic heterocycles. The third kappa shape index (κ3) is 2.48.